The van der Waals surface area contributed by atoms with Crippen LogP contribution in [0, 0.1) is 34.5 Å². The smallest absolute Gasteiger partial charge is 0.309 e. The molecular weight excluding hydrogens is 504 g/mol. The zero-order valence-corrected chi connectivity index (χ0v) is 25.5. The Hall–Kier alpha value is -1.92. The lowest BCUT2D eigenvalue weighted by Gasteiger charge is -2.38. The summed E-state index contributed by atoms with van der Waals surface area (Å²) >= 11 is 0. The summed E-state index contributed by atoms with van der Waals surface area (Å²) in [6.07, 6.45) is 16.7. The van der Waals surface area contributed by atoms with Gasteiger partial charge in [-0.3, -0.25) is 9.59 Å². The van der Waals surface area contributed by atoms with Gasteiger partial charge in [-0.15, -0.1) is 0 Å². The number of carbonyl (C=O) groups is 2. The van der Waals surface area contributed by atoms with Crippen LogP contribution in [-0.2, 0) is 14.3 Å². The molecule has 3 aliphatic rings. The third-order valence-electron chi connectivity index (χ3n) is 10.2. The van der Waals surface area contributed by atoms with Crippen LogP contribution < -0.4 is 0 Å². The van der Waals surface area contributed by atoms with Crippen molar-refractivity contribution in [1.29, 1.82) is 0 Å². The molecule has 226 valence electrons. The van der Waals surface area contributed by atoms with Crippen molar-refractivity contribution in [2.75, 3.05) is 0 Å². The Bertz CT molecular complexity index is 959. The van der Waals surface area contributed by atoms with E-state index < -0.39 is 28.9 Å². The number of hydrogen-bond donors (Lipinski definition) is 3. The van der Waals surface area contributed by atoms with Gasteiger partial charge in [-0.1, -0.05) is 50.5 Å². The van der Waals surface area contributed by atoms with Crippen LogP contribution in [0.1, 0.15) is 112 Å². The van der Waals surface area contributed by atoms with Crippen molar-refractivity contribution in [2.45, 2.75) is 130 Å². The molecule has 0 amide bonds. The van der Waals surface area contributed by atoms with Gasteiger partial charge < -0.3 is 20.1 Å². The number of carboxylic acids is 2. The first-order valence-corrected chi connectivity index (χ1v) is 15.6. The molecule has 6 nitrogen and oxygen atoms in total. The first-order chi connectivity index (χ1) is 18.8. The number of ether oxygens (including phenoxy) is 1. The normalized spacial score (nSPS) is 32.6. The molecule has 1 aliphatic heterocycles. The van der Waals surface area contributed by atoms with Gasteiger partial charge in [0.05, 0.1) is 29.1 Å². The second kappa shape index (κ2) is 13.8. The number of hydrogen-bond acceptors (Lipinski definition) is 4. The van der Waals surface area contributed by atoms with Crippen LogP contribution in [0.4, 0.5) is 0 Å². The quantitative estimate of drug-likeness (QED) is 0.201. The highest BCUT2D eigenvalue weighted by Crippen LogP contribution is 2.49. The van der Waals surface area contributed by atoms with E-state index in [0.717, 1.165) is 64.2 Å². The molecule has 0 aromatic heterocycles. The predicted octanol–water partition coefficient (Wildman–Crippen LogP) is 7.57. The summed E-state index contributed by atoms with van der Waals surface area (Å²) in [5.41, 5.74) is 1.11. The molecule has 7 atom stereocenters. The molecule has 0 aromatic rings. The molecule has 1 saturated heterocycles. The van der Waals surface area contributed by atoms with Gasteiger partial charge in [-0.2, -0.15) is 0 Å². The lowest BCUT2D eigenvalue weighted by atomic mass is 9.68. The van der Waals surface area contributed by atoms with Crippen molar-refractivity contribution in [2.24, 2.45) is 34.5 Å². The number of rotatable bonds is 13. The van der Waals surface area contributed by atoms with Crippen LogP contribution in [0.15, 0.2) is 36.0 Å². The van der Waals surface area contributed by atoms with Crippen LogP contribution in [0.3, 0.4) is 0 Å². The van der Waals surface area contributed by atoms with Gasteiger partial charge in [0.2, 0.25) is 0 Å². The Kier molecular flexibility index (Phi) is 11.3. The predicted molar refractivity (Wildman–Crippen MR) is 159 cm³/mol. The van der Waals surface area contributed by atoms with Crippen molar-refractivity contribution in [1.82, 2.24) is 0 Å². The van der Waals surface area contributed by atoms with Crippen LogP contribution in [-0.4, -0.2) is 45.6 Å². The molecule has 2 saturated carbocycles. The van der Waals surface area contributed by atoms with Gasteiger partial charge in [0.25, 0.3) is 0 Å². The van der Waals surface area contributed by atoms with Gasteiger partial charge in [-0.05, 0) is 109 Å². The van der Waals surface area contributed by atoms with Gasteiger partial charge in [0, 0.05) is 11.8 Å². The highest BCUT2D eigenvalue weighted by molar-refractivity contribution is 5.73. The zero-order valence-electron chi connectivity index (χ0n) is 25.5. The summed E-state index contributed by atoms with van der Waals surface area (Å²) in [5, 5.41) is 30.7. The first-order valence-electron chi connectivity index (χ1n) is 15.6. The number of aliphatic carboxylic acids is 2. The van der Waals surface area contributed by atoms with Crippen molar-refractivity contribution in [3.05, 3.63) is 36.0 Å². The van der Waals surface area contributed by atoms with E-state index in [4.69, 9.17) is 4.74 Å². The summed E-state index contributed by atoms with van der Waals surface area (Å²) in [4.78, 5) is 23.1. The summed E-state index contributed by atoms with van der Waals surface area (Å²) in [5.74, 6) is -0.541. The maximum Gasteiger partial charge on any atom is 0.309 e. The average Bonchev–Trinajstić information content (AvgIpc) is 3.22. The first kappa shape index (κ1) is 32.6. The fraction of sp³-hybridized carbons (Fsp3) is 0.765. The van der Waals surface area contributed by atoms with E-state index in [1.54, 1.807) is 19.9 Å². The van der Waals surface area contributed by atoms with Gasteiger partial charge in [-0.25, -0.2) is 0 Å². The molecule has 7 unspecified atom stereocenters. The fourth-order valence-electron chi connectivity index (χ4n) is 7.52. The Morgan fingerprint density at radius 3 is 2.05 bits per heavy atom. The molecule has 2 aliphatic carbocycles. The van der Waals surface area contributed by atoms with Crippen molar-refractivity contribution >= 4 is 11.9 Å². The SMILES string of the molecule is C=C/C=C\C(=C1/C(C)OC2C(CCCC(C)(C)C(=O)O)CCCC12)C1CCCC(CCCC(C)(C)C(=O)O)C1O. The number of carboxylic acid groups (broad SMARTS) is 2. The van der Waals surface area contributed by atoms with Gasteiger partial charge in [0.15, 0.2) is 0 Å². The minimum atomic E-state index is -0.766. The average molecular weight is 559 g/mol. The monoisotopic (exact) mass is 558 g/mol. The number of aliphatic hydroxyl groups excluding tert-OH is 1. The second-order valence-corrected chi connectivity index (χ2v) is 14.0. The maximum atomic E-state index is 11.7. The van der Waals surface area contributed by atoms with Gasteiger partial charge >= 0.3 is 11.9 Å². The van der Waals surface area contributed by atoms with E-state index in [-0.39, 0.29) is 24.0 Å². The van der Waals surface area contributed by atoms with Crippen LogP contribution in [0.25, 0.3) is 0 Å². The van der Waals surface area contributed by atoms with E-state index in [1.807, 2.05) is 19.9 Å². The Labute approximate surface area is 242 Å². The van der Waals surface area contributed by atoms with Crippen molar-refractivity contribution in [3.63, 3.8) is 0 Å². The van der Waals surface area contributed by atoms with Crippen molar-refractivity contribution < 1.29 is 29.6 Å². The molecule has 0 aromatic carbocycles. The zero-order chi connectivity index (χ0) is 29.7. The van der Waals surface area contributed by atoms with Crippen LogP contribution in [0.2, 0.25) is 0 Å². The molecule has 40 heavy (non-hydrogen) atoms. The molecule has 3 rings (SSSR count). The topological polar surface area (TPSA) is 104 Å². The fourth-order valence-corrected chi connectivity index (χ4v) is 7.52. The van der Waals surface area contributed by atoms with Crippen LogP contribution in [0.5, 0.6) is 0 Å². The molecule has 1 heterocycles. The van der Waals surface area contributed by atoms with E-state index in [9.17, 15) is 24.9 Å². The minimum absolute atomic E-state index is 0.0144. The third kappa shape index (κ3) is 7.67. The largest absolute Gasteiger partial charge is 0.481 e. The Balaban J connectivity index is 1.78. The van der Waals surface area contributed by atoms with Crippen LogP contribution >= 0.6 is 0 Å². The summed E-state index contributed by atoms with van der Waals surface area (Å²) < 4.78 is 6.69. The lowest BCUT2D eigenvalue weighted by Crippen LogP contribution is -2.36. The molecule has 3 fully saturated rings. The van der Waals surface area contributed by atoms with Crippen molar-refractivity contribution in [3.8, 4) is 0 Å². The molecule has 0 radical (unpaired) electrons. The summed E-state index contributed by atoms with van der Waals surface area (Å²) in [6.45, 7) is 13.2. The summed E-state index contributed by atoms with van der Waals surface area (Å²) in [6, 6.07) is 0. The van der Waals surface area contributed by atoms with E-state index >= 15 is 0 Å². The Morgan fingerprint density at radius 1 is 0.925 bits per heavy atom. The van der Waals surface area contributed by atoms with E-state index in [1.165, 1.54) is 11.1 Å². The maximum absolute atomic E-state index is 11.7. The van der Waals surface area contributed by atoms with Gasteiger partial charge in [0.1, 0.15) is 0 Å². The molecule has 6 heteroatoms. The van der Waals surface area contributed by atoms with E-state index in [2.05, 4.69) is 19.6 Å². The third-order valence-corrected chi connectivity index (χ3v) is 10.2. The molecule has 0 spiro atoms. The Morgan fingerprint density at radius 2 is 1.48 bits per heavy atom. The number of fused-ring (bicyclic) bond motifs is 1. The highest BCUT2D eigenvalue weighted by Gasteiger charge is 2.46. The standard InChI is InChI=1S/C34H54O6/c1-7-8-17-25(26-18-9-13-23(29(26)35)15-11-20-33(3,4)31(36)37)28-22(2)40-30-24(14-10-19-27(28)30)16-12-21-34(5,6)32(38)39/h7-8,17,22-24,26-27,29-30,35H,1,9-16,18-21H2,2-6H3,(H,36,37)(H,38,39)/b17-8-,28-25-. The summed E-state index contributed by atoms with van der Waals surface area (Å²) in [7, 11) is 0. The minimum Gasteiger partial charge on any atom is -0.481 e. The molecular formula is C34H54O6. The molecule has 0 bridgehead atoms. The highest BCUT2D eigenvalue weighted by atomic mass is 16.5. The lowest BCUT2D eigenvalue weighted by molar-refractivity contribution is -0.148. The van der Waals surface area contributed by atoms with E-state index in [0.29, 0.717) is 24.7 Å². The number of allylic oxidation sites excluding steroid dienone is 3. The second-order valence-electron chi connectivity index (χ2n) is 14.0. The number of aliphatic hydroxyl groups is 1. The molecule has 3 N–H and O–H groups in total.